The fourth-order valence-corrected chi connectivity index (χ4v) is 3.62. The van der Waals surface area contributed by atoms with E-state index in [0.717, 1.165) is 36.1 Å². The van der Waals surface area contributed by atoms with Gasteiger partial charge in [0.25, 0.3) is 0 Å². The number of nitrogens with zero attached hydrogens (tertiary/aromatic N) is 1. The fraction of sp³-hybridized carbons (Fsp3) is 0.632. The van der Waals surface area contributed by atoms with Crippen molar-refractivity contribution in [1.29, 1.82) is 0 Å². The smallest absolute Gasteiger partial charge is 0.410 e. The Kier molecular flexibility index (Phi) is 6.18. The van der Waals surface area contributed by atoms with E-state index in [1.807, 2.05) is 25.7 Å². The molecule has 2 rings (SSSR count). The van der Waals surface area contributed by atoms with E-state index in [2.05, 4.69) is 53.3 Å². The van der Waals surface area contributed by atoms with Gasteiger partial charge in [0.1, 0.15) is 5.60 Å². The van der Waals surface area contributed by atoms with Crippen molar-refractivity contribution in [2.75, 3.05) is 18.4 Å². The third-order valence-corrected chi connectivity index (χ3v) is 5.06. The Morgan fingerprint density at radius 2 is 1.96 bits per heavy atom. The number of amides is 1. The number of halogens is 1. The quantitative estimate of drug-likeness (QED) is 0.762. The molecule has 1 unspecified atom stereocenters. The number of aryl methyl sites for hydroxylation is 1. The number of carbonyl (C=O) groups excluding carboxylic acids is 1. The minimum Gasteiger partial charge on any atom is -0.444 e. The molecule has 1 aliphatic rings. The van der Waals surface area contributed by atoms with Crippen LogP contribution < -0.4 is 5.32 Å². The number of rotatable bonds is 3. The van der Waals surface area contributed by atoms with Crippen LogP contribution in [0.25, 0.3) is 0 Å². The molecule has 1 saturated heterocycles. The molecule has 1 aliphatic heterocycles. The first kappa shape index (κ1) is 19.1. The minimum atomic E-state index is -0.430. The molecule has 24 heavy (non-hydrogen) atoms. The Bertz CT molecular complexity index is 575. The van der Waals surface area contributed by atoms with Gasteiger partial charge in [-0.1, -0.05) is 6.07 Å². The van der Waals surface area contributed by atoms with Gasteiger partial charge in [0.15, 0.2) is 0 Å². The van der Waals surface area contributed by atoms with Crippen molar-refractivity contribution in [3.63, 3.8) is 0 Å². The van der Waals surface area contributed by atoms with Crippen LogP contribution in [0, 0.1) is 12.8 Å². The van der Waals surface area contributed by atoms with Crippen molar-refractivity contribution in [2.45, 2.75) is 59.1 Å². The largest absolute Gasteiger partial charge is 0.444 e. The average Bonchev–Trinajstić information content (AvgIpc) is 2.48. The minimum absolute atomic E-state index is 0.192. The molecule has 0 saturated carbocycles. The molecular formula is C19H29BrN2O2. The molecule has 0 bridgehead atoms. The highest BCUT2D eigenvalue weighted by atomic mass is 79.9. The van der Waals surface area contributed by atoms with Gasteiger partial charge in [-0.25, -0.2) is 4.79 Å². The lowest BCUT2D eigenvalue weighted by molar-refractivity contribution is 0.0179. The number of likely N-dealkylation sites (tertiary alicyclic amines) is 1. The molecule has 1 amide bonds. The summed E-state index contributed by atoms with van der Waals surface area (Å²) < 4.78 is 6.56. The molecule has 0 aliphatic carbocycles. The highest BCUT2D eigenvalue weighted by molar-refractivity contribution is 9.10. The van der Waals surface area contributed by atoms with E-state index in [1.54, 1.807) is 0 Å². The van der Waals surface area contributed by atoms with E-state index < -0.39 is 5.60 Å². The van der Waals surface area contributed by atoms with E-state index in [4.69, 9.17) is 4.74 Å². The van der Waals surface area contributed by atoms with E-state index in [-0.39, 0.29) is 6.09 Å². The third-order valence-electron chi connectivity index (χ3n) is 4.41. The molecule has 1 heterocycles. The molecule has 1 N–H and O–H groups in total. The van der Waals surface area contributed by atoms with Crippen LogP contribution in [0.5, 0.6) is 0 Å². The number of benzene rings is 1. The van der Waals surface area contributed by atoms with Gasteiger partial charge in [-0.3, -0.25) is 0 Å². The molecule has 0 spiro atoms. The van der Waals surface area contributed by atoms with Crippen LogP contribution in [-0.2, 0) is 4.74 Å². The summed E-state index contributed by atoms with van der Waals surface area (Å²) in [6, 6.07) is 6.72. The molecule has 5 heteroatoms. The summed E-state index contributed by atoms with van der Waals surface area (Å²) in [4.78, 5) is 14.0. The highest BCUT2D eigenvalue weighted by Crippen LogP contribution is 2.28. The molecular weight excluding hydrogens is 368 g/mol. The molecule has 1 aromatic rings. The van der Waals surface area contributed by atoms with E-state index in [0.29, 0.717) is 12.0 Å². The van der Waals surface area contributed by atoms with Crippen molar-refractivity contribution in [3.05, 3.63) is 28.2 Å². The van der Waals surface area contributed by atoms with Crippen molar-refractivity contribution in [2.24, 2.45) is 5.92 Å². The van der Waals surface area contributed by atoms with Gasteiger partial charge in [-0.05, 0) is 87.0 Å². The van der Waals surface area contributed by atoms with Crippen LogP contribution >= 0.6 is 15.9 Å². The van der Waals surface area contributed by atoms with Gasteiger partial charge in [0.05, 0.1) is 0 Å². The molecule has 0 radical (unpaired) electrons. The number of hydrogen-bond donors (Lipinski definition) is 1. The zero-order valence-corrected chi connectivity index (χ0v) is 16.9. The van der Waals surface area contributed by atoms with Gasteiger partial charge in [-0.15, -0.1) is 0 Å². The summed E-state index contributed by atoms with van der Waals surface area (Å²) in [5, 5.41) is 3.61. The Labute approximate surface area is 154 Å². The monoisotopic (exact) mass is 396 g/mol. The van der Waals surface area contributed by atoms with Crippen LogP contribution in [0.4, 0.5) is 10.5 Å². The Balaban J connectivity index is 1.86. The molecule has 1 aromatic carbocycles. The Morgan fingerprint density at radius 3 is 2.50 bits per heavy atom. The van der Waals surface area contributed by atoms with Gasteiger partial charge in [0, 0.05) is 29.3 Å². The summed E-state index contributed by atoms with van der Waals surface area (Å²) >= 11 is 3.62. The number of ether oxygens (including phenoxy) is 1. The van der Waals surface area contributed by atoms with Gasteiger partial charge in [-0.2, -0.15) is 0 Å². The lowest BCUT2D eigenvalue weighted by atomic mass is 9.90. The maximum absolute atomic E-state index is 12.1. The number of hydrogen-bond acceptors (Lipinski definition) is 3. The van der Waals surface area contributed by atoms with Crippen LogP contribution in [0.3, 0.4) is 0 Å². The zero-order valence-electron chi connectivity index (χ0n) is 15.4. The summed E-state index contributed by atoms with van der Waals surface area (Å²) in [6.45, 7) is 11.6. The van der Waals surface area contributed by atoms with Gasteiger partial charge in [0.2, 0.25) is 0 Å². The summed E-state index contributed by atoms with van der Waals surface area (Å²) in [5.41, 5.74) is 1.94. The summed E-state index contributed by atoms with van der Waals surface area (Å²) in [5.74, 6) is 0.553. The third kappa shape index (κ3) is 5.40. The van der Waals surface area contributed by atoms with Gasteiger partial charge < -0.3 is 15.0 Å². The number of piperidine rings is 1. The van der Waals surface area contributed by atoms with Gasteiger partial charge >= 0.3 is 6.09 Å². The molecule has 4 nitrogen and oxygen atoms in total. The van der Waals surface area contributed by atoms with Crippen molar-refractivity contribution < 1.29 is 9.53 Å². The van der Waals surface area contributed by atoms with Crippen LogP contribution in [0.2, 0.25) is 0 Å². The second-order valence-electron chi connectivity index (χ2n) is 7.72. The Morgan fingerprint density at radius 1 is 1.33 bits per heavy atom. The Hall–Kier alpha value is -1.23. The van der Waals surface area contributed by atoms with Crippen LogP contribution in [0.1, 0.15) is 46.1 Å². The van der Waals surface area contributed by atoms with Crippen LogP contribution in [-0.4, -0.2) is 35.7 Å². The topological polar surface area (TPSA) is 41.6 Å². The average molecular weight is 397 g/mol. The van der Waals surface area contributed by atoms with Crippen molar-refractivity contribution in [1.82, 2.24) is 4.90 Å². The standard InChI is InChI=1S/C19H29BrN2O2/c1-13-6-7-17(16(20)12-13)21-14(2)15-8-10-22(11-9-15)18(23)24-19(3,4)5/h6-7,12,14-15,21H,8-11H2,1-5H3. The second kappa shape index (κ2) is 7.77. The molecule has 0 aromatic heterocycles. The van der Waals surface area contributed by atoms with E-state index in [9.17, 15) is 4.79 Å². The SMILES string of the molecule is Cc1ccc(NC(C)C2CCN(C(=O)OC(C)(C)C)CC2)c(Br)c1. The maximum Gasteiger partial charge on any atom is 0.410 e. The lowest BCUT2D eigenvalue weighted by Gasteiger charge is -2.36. The first-order chi connectivity index (χ1) is 11.2. The van der Waals surface area contributed by atoms with Crippen LogP contribution in [0.15, 0.2) is 22.7 Å². The summed E-state index contributed by atoms with van der Waals surface area (Å²) in [7, 11) is 0. The zero-order chi connectivity index (χ0) is 17.9. The van der Waals surface area contributed by atoms with Crippen molar-refractivity contribution >= 4 is 27.7 Å². The van der Waals surface area contributed by atoms with E-state index >= 15 is 0 Å². The maximum atomic E-state index is 12.1. The normalized spacial score (nSPS) is 17.5. The lowest BCUT2D eigenvalue weighted by Crippen LogP contribution is -2.44. The predicted octanol–water partition coefficient (Wildman–Crippen LogP) is 5.21. The number of carbonyl (C=O) groups is 1. The first-order valence-corrected chi connectivity index (χ1v) is 9.45. The number of anilines is 1. The van der Waals surface area contributed by atoms with Crippen molar-refractivity contribution in [3.8, 4) is 0 Å². The predicted molar refractivity (Wildman–Crippen MR) is 102 cm³/mol. The highest BCUT2D eigenvalue weighted by Gasteiger charge is 2.29. The summed E-state index contributed by atoms with van der Waals surface area (Å²) in [6.07, 6.45) is 1.80. The second-order valence-corrected chi connectivity index (χ2v) is 8.58. The molecule has 134 valence electrons. The number of nitrogens with one attached hydrogen (secondary N) is 1. The fourth-order valence-electron chi connectivity index (χ4n) is 3.01. The first-order valence-electron chi connectivity index (χ1n) is 8.66. The molecule has 1 atom stereocenters. The molecule has 1 fully saturated rings. The van der Waals surface area contributed by atoms with E-state index in [1.165, 1.54) is 5.56 Å².